The molecule has 3 aliphatic heterocycles. The van der Waals surface area contributed by atoms with Gasteiger partial charge in [-0.2, -0.15) is 5.10 Å². The monoisotopic (exact) mass is 493 g/mol. The highest BCUT2D eigenvalue weighted by Crippen LogP contribution is 2.30. The number of rotatable bonds is 8. The SMILES string of the molecule is CC(C)Cn1cc(CN2CCCC[C@@H]2COc2ccc3c(c2)CN(C2CCC(=O)NC2=O)C3=O)cn1. The zero-order chi connectivity index (χ0) is 25.2. The number of ether oxygens (including phenoxy) is 1. The lowest BCUT2D eigenvalue weighted by molar-refractivity contribution is -0.136. The first kappa shape index (κ1) is 24.5. The molecule has 1 aromatic heterocycles. The van der Waals surface area contributed by atoms with Crippen LogP contribution in [0.1, 0.15) is 67.4 Å². The number of piperidine rings is 2. The van der Waals surface area contributed by atoms with E-state index >= 15 is 0 Å². The normalized spacial score (nSPS) is 22.8. The molecule has 1 N–H and O–H groups in total. The van der Waals surface area contributed by atoms with Crippen LogP contribution in [0.4, 0.5) is 0 Å². The highest BCUT2D eigenvalue weighted by atomic mass is 16.5. The van der Waals surface area contributed by atoms with Gasteiger partial charge in [-0.05, 0) is 55.5 Å². The van der Waals surface area contributed by atoms with Gasteiger partial charge in [-0.1, -0.05) is 20.3 Å². The number of carbonyl (C=O) groups is 3. The molecule has 2 aromatic rings. The second kappa shape index (κ2) is 10.4. The zero-order valence-corrected chi connectivity index (χ0v) is 21.1. The number of carbonyl (C=O) groups excluding carboxylic acids is 3. The van der Waals surface area contributed by atoms with Crippen LogP contribution >= 0.6 is 0 Å². The molecule has 4 heterocycles. The van der Waals surface area contributed by atoms with E-state index in [0.29, 0.717) is 37.1 Å². The minimum atomic E-state index is -0.604. The van der Waals surface area contributed by atoms with Gasteiger partial charge in [-0.3, -0.25) is 29.3 Å². The van der Waals surface area contributed by atoms with Gasteiger partial charge in [0.1, 0.15) is 18.4 Å². The molecule has 2 saturated heterocycles. The molecule has 0 saturated carbocycles. The van der Waals surface area contributed by atoms with Crippen LogP contribution in [0, 0.1) is 5.92 Å². The van der Waals surface area contributed by atoms with Crippen molar-refractivity contribution >= 4 is 17.7 Å². The molecule has 3 aliphatic rings. The number of hydrogen-bond acceptors (Lipinski definition) is 6. The van der Waals surface area contributed by atoms with E-state index in [1.54, 1.807) is 11.0 Å². The predicted octanol–water partition coefficient (Wildman–Crippen LogP) is 2.73. The van der Waals surface area contributed by atoms with Crippen LogP contribution in [0.25, 0.3) is 0 Å². The van der Waals surface area contributed by atoms with E-state index in [1.807, 2.05) is 23.0 Å². The number of likely N-dealkylation sites (tertiary alicyclic amines) is 1. The zero-order valence-electron chi connectivity index (χ0n) is 21.1. The molecule has 2 fully saturated rings. The van der Waals surface area contributed by atoms with Crippen LogP contribution in [0.15, 0.2) is 30.6 Å². The van der Waals surface area contributed by atoms with E-state index in [0.717, 1.165) is 37.4 Å². The summed E-state index contributed by atoms with van der Waals surface area (Å²) in [6, 6.07) is 5.27. The van der Waals surface area contributed by atoms with Crippen molar-refractivity contribution in [3.8, 4) is 5.75 Å². The van der Waals surface area contributed by atoms with Gasteiger partial charge in [0.25, 0.3) is 5.91 Å². The number of nitrogens with one attached hydrogen (secondary N) is 1. The van der Waals surface area contributed by atoms with Crippen molar-refractivity contribution in [2.45, 2.75) is 77.7 Å². The van der Waals surface area contributed by atoms with E-state index in [-0.39, 0.29) is 18.2 Å². The third-order valence-corrected chi connectivity index (χ3v) is 7.31. The number of amides is 3. The summed E-state index contributed by atoms with van der Waals surface area (Å²) in [5, 5.41) is 6.86. The van der Waals surface area contributed by atoms with Crippen LogP contribution in [0.5, 0.6) is 5.75 Å². The lowest BCUT2D eigenvalue weighted by Gasteiger charge is -2.35. The molecule has 0 aliphatic carbocycles. The Hall–Kier alpha value is -3.20. The largest absolute Gasteiger partial charge is 0.492 e. The van der Waals surface area contributed by atoms with Gasteiger partial charge in [0.05, 0.1) is 6.20 Å². The van der Waals surface area contributed by atoms with Crippen molar-refractivity contribution in [1.82, 2.24) is 24.9 Å². The third-order valence-electron chi connectivity index (χ3n) is 7.31. The van der Waals surface area contributed by atoms with Crippen molar-refractivity contribution in [1.29, 1.82) is 0 Å². The van der Waals surface area contributed by atoms with Crippen molar-refractivity contribution in [3.63, 3.8) is 0 Å². The van der Waals surface area contributed by atoms with Crippen molar-refractivity contribution in [2.24, 2.45) is 5.92 Å². The fourth-order valence-corrected chi connectivity index (χ4v) is 5.49. The molecule has 0 spiro atoms. The summed E-state index contributed by atoms with van der Waals surface area (Å²) in [5.41, 5.74) is 2.69. The van der Waals surface area contributed by atoms with Crippen LogP contribution in [0.3, 0.4) is 0 Å². The lowest BCUT2D eigenvalue weighted by Crippen LogP contribution is -2.52. The summed E-state index contributed by atoms with van der Waals surface area (Å²) in [5.74, 6) is 0.463. The van der Waals surface area contributed by atoms with E-state index in [4.69, 9.17) is 4.74 Å². The molecule has 1 aromatic carbocycles. The maximum absolute atomic E-state index is 12.9. The minimum absolute atomic E-state index is 0.164. The molecule has 36 heavy (non-hydrogen) atoms. The van der Waals surface area contributed by atoms with Gasteiger partial charge in [-0.25, -0.2) is 0 Å². The molecule has 2 atom stereocenters. The Labute approximate surface area is 211 Å². The Morgan fingerprint density at radius 2 is 2.03 bits per heavy atom. The highest BCUT2D eigenvalue weighted by molar-refractivity contribution is 6.05. The Morgan fingerprint density at radius 3 is 2.83 bits per heavy atom. The van der Waals surface area contributed by atoms with Gasteiger partial charge in [0.15, 0.2) is 0 Å². The summed E-state index contributed by atoms with van der Waals surface area (Å²) in [7, 11) is 0. The molecule has 0 radical (unpaired) electrons. The molecule has 0 bridgehead atoms. The fraction of sp³-hybridized carbons (Fsp3) is 0.556. The fourth-order valence-electron chi connectivity index (χ4n) is 5.49. The Kier molecular flexibility index (Phi) is 7.09. The standard InChI is InChI=1S/C27H35N5O4/c1-18(2)13-31-15-19(12-28-31)14-30-10-4-3-5-21(30)17-36-22-6-7-23-20(11-22)16-32(27(23)35)24-8-9-25(33)29-26(24)34/h6-7,11-12,15,18,21,24H,3-5,8-10,13-14,16-17H2,1-2H3,(H,29,33,34)/t21-,24?/m1/s1. The van der Waals surface area contributed by atoms with Gasteiger partial charge in [0.2, 0.25) is 11.8 Å². The number of hydrogen-bond donors (Lipinski definition) is 1. The van der Waals surface area contributed by atoms with Crippen molar-refractivity contribution in [3.05, 3.63) is 47.3 Å². The minimum Gasteiger partial charge on any atom is -0.492 e. The van der Waals surface area contributed by atoms with E-state index in [1.165, 1.54) is 18.4 Å². The smallest absolute Gasteiger partial charge is 0.255 e. The first-order valence-corrected chi connectivity index (χ1v) is 13.0. The number of benzene rings is 1. The summed E-state index contributed by atoms with van der Waals surface area (Å²) in [6.07, 6.45) is 8.21. The lowest BCUT2D eigenvalue weighted by atomic mass is 10.0. The van der Waals surface area contributed by atoms with Gasteiger partial charge < -0.3 is 9.64 Å². The number of aromatic nitrogens is 2. The molecule has 3 amide bonds. The summed E-state index contributed by atoms with van der Waals surface area (Å²) >= 11 is 0. The third kappa shape index (κ3) is 5.31. The molecule has 5 rings (SSSR count). The number of nitrogens with zero attached hydrogens (tertiary/aromatic N) is 4. The molecule has 9 heteroatoms. The molecule has 192 valence electrons. The molecule has 1 unspecified atom stereocenters. The first-order chi connectivity index (χ1) is 17.4. The van der Waals surface area contributed by atoms with Crippen LogP contribution in [0.2, 0.25) is 0 Å². The maximum Gasteiger partial charge on any atom is 0.255 e. The van der Waals surface area contributed by atoms with Crippen LogP contribution < -0.4 is 10.1 Å². The van der Waals surface area contributed by atoms with E-state index < -0.39 is 11.9 Å². The van der Waals surface area contributed by atoms with Gasteiger partial charge >= 0.3 is 0 Å². The Bertz CT molecular complexity index is 1140. The molecule has 9 nitrogen and oxygen atoms in total. The average Bonchev–Trinajstić information content (AvgIpc) is 3.41. The number of imide groups is 1. The first-order valence-electron chi connectivity index (χ1n) is 13.0. The van der Waals surface area contributed by atoms with Crippen molar-refractivity contribution in [2.75, 3.05) is 13.2 Å². The van der Waals surface area contributed by atoms with Crippen molar-refractivity contribution < 1.29 is 19.1 Å². The second-order valence-corrected chi connectivity index (χ2v) is 10.6. The van der Waals surface area contributed by atoms with Crippen LogP contribution in [-0.4, -0.2) is 62.5 Å². The summed E-state index contributed by atoms with van der Waals surface area (Å²) in [4.78, 5) is 40.7. The summed E-state index contributed by atoms with van der Waals surface area (Å²) in [6.45, 7) is 8.17. The van der Waals surface area contributed by atoms with Gasteiger partial charge in [-0.15, -0.1) is 0 Å². The Balaban J connectivity index is 1.20. The quantitative estimate of drug-likeness (QED) is 0.568. The topological polar surface area (TPSA) is 96.8 Å². The highest BCUT2D eigenvalue weighted by Gasteiger charge is 2.39. The van der Waals surface area contributed by atoms with E-state index in [2.05, 4.69) is 35.4 Å². The van der Waals surface area contributed by atoms with E-state index in [9.17, 15) is 14.4 Å². The van der Waals surface area contributed by atoms with Crippen LogP contribution in [-0.2, 0) is 29.2 Å². The Morgan fingerprint density at radius 1 is 1.17 bits per heavy atom. The molecular formula is C27H35N5O4. The predicted molar refractivity (Wildman–Crippen MR) is 133 cm³/mol. The second-order valence-electron chi connectivity index (χ2n) is 10.6. The average molecular weight is 494 g/mol. The number of fused-ring (bicyclic) bond motifs is 1. The molecular weight excluding hydrogens is 458 g/mol. The summed E-state index contributed by atoms with van der Waals surface area (Å²) < 4.78 is 8.26. The maximum atomic E-state index is 12.9. The van der Waals surface area contributed by atoms with Gasteiger partial charge in [0, 0.05) is 49.4 Å².